The van der Waals surface area contributed by atoms with Gasteiger partial charge >= 0.3 is 5.97 Å². The first-order chi connectivity index (χ1) is 15.0. The maximum absolute atomic E-state index is 12.0. The lowest BCUT2D eigenvalue weighted by molar-refractivity contribution is -0.149. The minimum atomic E-state index is -1.34. The van der Waals surface area contributed by atoms with E-state index < -0.39 is 11.4 Å². The minimum absolute atomic E-state index is 0.157. The number of rotatable bonds is 9. The number of nitrogens with zero attached hydrogens (tertiary/aromatic N) is 1. The molecule has 1 aliphatic carbocycles. The molecule has 0 heterocycles. The van der Waals surface area contributed by atoms with Gasteiger partial charge in [0.2, 0.25) is 0 Å². The molecule has 1 fully saturated rings. The second-order valence-electron chi connectivity index (χ2n) is 8.79. The molecule has 3 rings (SSSR count). The van der Waals surface area contributed by atoms with Crippen LogP contribution < -0.4 is 4.74 Å². The Bertz CT molecular complexity index is 898. The van der Waals surface area contributed by atoms with Gasteiger partial charge in [0.05, 0.1) is 12.7 Å². The van der Waals surface area contributed by atoms with Crippen LogP contribution in [0.5, 0.6) is 5.75 Å². The van der Waals surface area contributed by atoms with Gasteiger partial charge < -0.3 is 9.84 Å². The molecule has 0 radical (unpaired) electrons. The molecule has 2 aromatic rings. The Morgan fingerprint density at radius 2 is 1.74 bits per heavy atom. The fourth-order valence-electron chi connectivity index (χ4n) is 4.88. The lowest BCUT2D eigenvalue weighted by Gasteiger charge is -2.40. The molecule has 2 aromatic carbocycles. The highest BCUT2D eigenvalue weighted by molar-refractivity contribution is 5.80. The summed E-state index contributed by atoms with van der Waals surface area (Å²) in [4.78, 5) is 12.0. The Labute approximate surface area is 185 Å². The topological polar surface area (TPSA) is 70.3 Å². The molecule has 31 heavy (non-hydrogen) atoms. The molecule has 0 aromatic heterocycles. The summed E-state index contributed by atoms with van der Waals surface area (Å²) in [5.41, 5.74) is 1.76. The first-order valence-electron chi connectivity index (χ1n) is 11.5. The van der Waals surface area contributed by atoms with E-state index in [1.54, 1.807) is 0 Å². The molecule has 3 unspecified atom stereocenters. The van der Waals surface area contributed by atoms with Crippen molar-refractivity contribution < 1.29 is 14.6 Å². The van der Waals surface area contributed by atoms with Crippen LogP contribution in [0, 0.1) is 22.7 Å². The summed E-state index contributed by atoms with van der Waals surface area (Å²) in [6, 6.07) is 18.3. The number of hydrogen-bond acceptors (Lipinski definition) is 3. The zero-order valence-electron chi connectivity index (χ0n) is 18.6. The van der Waals surface area contributed by atoms with Crippen molar-refractivity contribution in [1.29, 1.82) is 5.26 Å². The van der Waals surface area contributed by atoms with Crippen LogP contribution >= 0.6 is 0 Å². The van der Waals surface area contributed by atoms with Crippen LogP contribution in [0.15, 0.2) is 48.5 Å². The van der Waals surface area contributed by atoms with Crippen LogP contribution in [-0.4, -0.2) is 17.7 Å². The quantitative estimate of drug-likeness (QED) is 0.453. The largest absolute Gasteiger partial charge is 0.494 e. The number of benzene rings is 2. The van der Waals surface area contributed by atoms with E-state index in [1.165, 1.54) is 19.3 Å². The van der Waals surface area contributed by atoms with Gasteiger partial charge in [0, 0.05) is 5.92 Å². The van der Waals surface area contributed by atoms with E-state index in [4.69, 9.17) is 4.74 Å². The van der Waals surface area contributed by atoms with Gasteiger partial charge in [0.15, 0.2) is 5.41 Å². The molecule has 1 N–H and O–H groups in total. The number of ether oxygens (including phenoxy) is 1. The number of unbranched alkanes of at least 4 members (excludes halogenated alkanes) is 3. The van der Waals surface area contributed by atoms with E-state index in [1.807, 2.05) is 36.4 Å². The van der Waals surface area contributed by atoms with Crippen molar-refractivity contribution in [3.05, 3.63) is 54.1 Å². The predicted molar refractivity (Wildman–Crippen MR) is 123 cm³/mol. The highest BCUT2D eigenvalue weighted by Crippen LogP contribution is 2.50. The highest BCUT2D eigenvalue weighted by Gasteiger charge is 2.51. The summed E-state index contributed by atoms with van der Waals surface area (Å²) in [6.45, 7) is 5.01. The lowest BCUT2D eigenvalue weighted by atomic mass is 9.60. The lowest BCUT2D eigenvalue weighted by Crippen LogP contribution is -2.42. The molecular formula is C27H33NO3. The Balaban J connectivity index is 1.72. The molecule has 0 saturated heterocycles. The first kappa shape index (κ1) is 22.9. The Morgan fingerprint density at radius 1 is 1.10 bits per heavy atom. The fourth-order valence-corrected chi connectivity index (χ4v) is 4.88. The van der Waals surface area contributed by atoms with Gasteiger partial charge in [0.1, 0.15) is 5.75 Å². The van der Waals surface area contributed by atoms with Crippen molar-refractivity contribution in [3.8, 4) is 22.9 Å². The van der Waals surface area contributed by atoms with E-state index in [0.29, 0.717) is 6.42 Å². The number of carbonyl (C=O) groups is 1. The van der Waals surface area contributed by atoms with Crippen molar-refractivity contribution in [2.24, 2.45) is 11.3 Å². The van der Waals surface area contributed by atoms with E-state index in [9.17, 15) is 15.2 Å². The van der Waals surface area contributed by atoms with Crippen molar-refractivity contribution in [2.75, 3.05) is 6.61 Å². The average molecular weight is 420 g/mol. The van der Waals surface area contributed by atoms with Gasteiger partial charge in [-0.2, -0.15) is 5.26 Å². The summed E-state index contributed by atoms with van der Waals surface area (Å²) in [7, 11) is 0. The molecule has 3 atom stereocenters. The molecule has 0 spiro atoms. The van der Waals surface area contributed by atoms with Crippen molar-refractivity contribution >= 4 is 5.97 Å². The Morgan fingerprint density at radius 3 is 2.32 bits per heavy atom. The third kappa shape index (κ3) is 5.10. The van der Waals surface area contributed by atoms with Gasteiger partial charge in [-0.15, -0.1) is 0 Å². The Kier molecular flexibility index (Phi) is 7.74. The maximum Gasteiger partial charge on any atom is 0.324 e. The maximum atomic E-state index is 12.0. The van der Waals surface area contributed by atoms with Crippen LogP contribution in [0.25, 0.3) is 11.1 Å². The van der Waals surface area contributed by atoms with Gasteiger partial charge in [0.25, 0.3) is 0 Å². The standard InChI is InChI=1S/C27H33NO3/c1-3-4-5-6-18-31-24-15-13-22(14-16-24)21-9-11-23(12-10-21)25-20(2)8-7-17-27(25,19-28)26(29)30/h9-16,20,25H,3-8,17-18H2,1-2H3,(H,29,30). The Hall–Kier alpha value is -2.80. The van der Waals surface area contributed by atoms with Crippen LogP contribution in [0.4, 0.5) is 0 Å². The second kappa shape index (κ2) is 10.5. The van der Waals surface area contributed by atoms with Gasteiger partial charge in [-0.25, -0.2) is 0 Å². The molecule has 1 saturated carbocycles. The van der Waals surface area contributed by atoms with Gasteiger partial charge in [-0.1, -0.05) is 75.9 Å². The molecule has 0 bridgehead atoms. The minimum Gasteiger partial charge on any atom is -0.494 e. The number of hydrogen-bond donors (Lipinski definition) is 1. The third-order valence-corrected chi connectivity index (χ3v) is 6.64. The molecule has 164 valence electrons. The van der Waals surface area contributed by atoms with Crippen molar-refractivity contribution in [1.82, 2.24) is 0 Å². The van der Waals surface area contributed by atoms with E-state index in [-0.39, 0.29) is 11.8 Å². The van der Waals surface area contributed by atoms with Crippen LogP contribution in [0.1, 0.15) is 70.3 Å². The smallest absolute Gasteiger partial charge is 0.324 e. The number of nitriles is 1. The van der Waals surface area contributed by atoms with Crippen LogP contribution in [0.2, 0.25) is 0 Å². The molecule has 0 amide bonds. The molecule has 4 heteroatoms. The van der Waals surface area contributed by atoms with E-state index >= 15 is 0 Å². The number of carboxylic acid groups (broad SMARTS) is 1. The monoisotopic (exact) mass is 419 g/mol. The number of aliphatic carboxylic acids is 1. The summed E-state index contributed by atoms with van der Waals surface area (Å²) < 4.78 is 5.83. The normalized spacial score (nSPS) is 23.1. The van der Waals surface area contributed by atoms with Crippen molar-refractivity contribution in [2.45, 2.75) is 64.7 Å². The first-order valence-corrected chi connectivity index (χ1v) is 11.5. The summed E-state index contributed by atoms with van der Waals surface area (Å²) in [6.07, 6.45) is 6.90. The molecule has 4 nitrogen and oxygen atoms in total. The molecular weight excluding hydrogens is 386 g/mol. The second-order valence-corrected chi connectivity index (χ2v) is 8.79. The predicted octanol–water partition coefficient (Wildman–Crippen LogP) is 6.81. The summed E-state index contributed by atoms with van der Waals surface area (Å²) in [5, 5.41) is 19.6. The highest BCUT2D eigenvalue weighted by atomic mass is 16.5. The van der Waals surface area contributed by atoms with E-state index in [0.717, 1.165) is 48.3 Å². The zero-order chi connectivity index (χ0) is 22.3. The summed E-state index contributed by atoms with van der Waals surface area (Å²) >= 11 is 0. The van der Waals surface area contributed by atoms with Gasteiger partial charge in [-0.3, -0.25) is 4.79 Å². The average Bonchev–Trinajstić information content (AvgIpc) is 2.79. The third-order valence-electron chi connectivity index (χ3n) is 6.64. The zero-order valence-corrected chi connectivity index (χ0v) is 18.6. The van der Waals surface area contributed by atoms with E-state index in [2.05, 4.69) is 32.0 Å². The van der Waals surface area contributed by atoms with Crippen LogP contribution in [-0.2, 0) is 4.79 Å². The SMILES string of the molecule is CCCCCCOc1ccc(-c2ccc(C3C(C)CCCC3(C#N)C(=O)O)cc2)cc1. The van der Waals surface area contributed by atoms with Crippen LogP contribution in [0.3, 0.4) is 0 Å². The summed E-state index contributed by atoms with van der Waals surface area (Å²) in [5.74, 6) is -0.250. The molecule has 0 aliphatic heterocycles. The van der Waals surface area contributed by atoms with Gasteiger partial charge in [-0.05, 0) is 54.0 Å². The fraction of sp³-hybridized carbons (Fsp3) is 0.481. The number of carboxylic acids is 1. The van der Waals surface area contributed by atoms with Crippen molar-refractivity contribution in [3.63, 3.8) is 0 Å². The molecule has 1 aliphatic rings.